The summed E-state index contributed by atoms with van der Waals surface area (Å²) in [6.07, 6.45) is 1.88. The summed E-state index contributed by atoms with van der Waals surface area (Å²) in [4.78, 5) is 6.78. The van der Waals surface area contributed by atoms with E-state index in [2.05, 4.69) is 9.69 Å². The molecular formula is C12H22N2Pd. The second-order valence-corrected chi connectivity index (χ2v) is 4.56. The average molecular weight is 301 g/mol. The molecule has 0 aromatic rings. The van der Waals surface area contributed by atoms with Crippen molar-refractivity contribution in [3.05, 3.63) is 22.8 Å². The minimum absolute atomic E-state index is 0. The van der Waals surface area contributed by atoms with Gasteiger partial charge in [0.1, 0.15) is 0 Å². The van der Waals surface area contributed by atoms with E-state index in [1.807, 2.05) is 41.5 Å². The van der Waals surface area contributed by atoms with Gasteiger partial charge >= 0.3 is 0 Å². The van der Waals surface area contributed by atoms with E-state index in [1.54, 1.807) is 0 Å². The quantitative estimate of drug-likeness (QED) is 0.534. The van der Waals surface area contributed by atoms with Gasteiger partial charge in [-0.3, -0.25) is 0 Å². The van der Waals surface area contributed by atoms with Gasteiger partial charge in [0.2, 0.25) is 11.1 Å². The van der Waals surface area contributed by atoms with Gasteiger partial charge in [-0.25, -0.2) is 13.1 Å². The van der Waals surface area contributed by atoms with Crippen LogP contribution in [0.3, 0.4) is 0 Å². The van der Waals surface area contributed by atoms with Crippen LogP contribution in [0.1, 0.15) is 54.4 Å². The van der Waals surface area contributed by atoms with Crippen molar-refractivity contribution >= 4 is 0 Å². The molecule has 90 valence electrons. The Labute approximate surface area is 109 Å². The standard InChI is InChI=1S/2C6H11N.Pd/c2*1-5-6(2,3)7-4;/h2*5H2,1-3H3;. The maximum Gasteiger partial charge on any atom is 0.226 e. The van der Waals surface area contributed by atoms with E-state index < -0.39 is 0 Å². The first kappa shape index (κ1) is 20.1. The first-order valence-electron chi connectivity index (χ1n) is 5.02. The van der Waals surface area contributed by atoms with E-state index in [0.717, 1.165) is 12.8 Å². The molecule has 0 aliphatic carbocycles. The zero-order chi connectivity index (χ0) is 11.8. The molecule has 15 heavy (non-hydrogen) atoms. The smallest absolute Gasteiger partial charge is 0.226 e. The van der Waals surface area contributed by atoms with E-state index in [9.17, 15) is 0 Å². The third kappa shape index (κ3) is 13.6. The van der Waals surface area contributed by atoms with Crippen LogP contribution in [0.5, 0.6) is 0 Å². The van der Waals surface area contributed by atoms with E-state index in [-0.39, 0.29) is 31.5 Å². The van der Waals surface area contributed by atoms with Crippen LogP contribution in [0.15, 0.2) is 0 Å². The van der Waals surface area contributed by atoms with Crippen molar-refractivity contribution in [2.24, 2.45) is 0 Å². The minimum Gasteiger partial charge on any atom is -0.311 e. The maximum absolute atomic E-state index is 6.63. The number of hydrogen-bond acceptors (Lipinski definition) is 0. The molecule has 0 aromatic heterocycles. The van der Waals surface area contributed by atoms with Crippen molar-refractivity contribution in [3.63, 3.8) is 0 Å². The van der Waals surface area contributed by atoms with E-state index in [0.29, 0.717) is 0 Å². The zero-order valence-electron chi connectivity index (χ0n) is 10.6. The van der Waals surface area contributed by atoms with Gasteiger partial charge in [-0.15, -0.1) is 0 Å². The number of rotatable bonds is 2. The maximum atomic E-state index is 6.63. The third-order valence-electron chi connectivity index (χ3n) is 2.34. The fraction of sp³-hybridized carbons (Fsp3) is 0.833. The third-order valence-corrected chi connectivity index (χ3v) is 2.34. The largest absolute Gasteiger partial charge is 0.311 e. The molecule has 0 saturated heterocycles. The Kier molecular flexibility index (Phi) is 11.9. The molecule has 0 atom stereocenters. The summed E-state index contributed by atoms with van der Waals surface area (Å²) in [5.74, 6) is 0. The predicted octanol–water partition coefficient (Wildman–Crippen LogP) is 4.19. The molecule has 3 heteroatoms. The minimum atomic E-state index is -0.125. The first-order valence-corrected chi connectivity index (χ1v) is 5.02. The second kappa shape index (κ2) is 8.91. The van der Waals surface area contributed by atoms with Crippen molar-refractivity contribution in [2.75, 3.05) is 0 Å². The molecule has 0 aromatic carbocycles. The molecule has 0 aliphatic rings. The van der Waals surface area contributed by atoms with Gasteiger partial charge in [0.05, 0.1) is 0 Å². The van der Waals surface area contributed by atoms with Gasteiger partial charge in [0, 0.05) is 61.0 Å². The fourth-order valence-corrected chi connectivity index (χ4v) is 0.158. The van der Waals surface area contributed by atoms with Crippen LogP contribution in [0.2, 0.25) is 0 Å². The summed E-state index contributed by atoms with van der Waals surface area (Å²) in [5, 5.41) is 0. The fourth-order valence-electron chi connectivity index (χ4n) is 0.158. The Morgan fingerprint density at radius 1 is 0.800 bits per heavy atom. The number of hydrogen-bond donors (Lipinski definition) is 0. The van der Waals surface area contributed by atoms with E-state index in [1.165, 1.54) is 0 Å². The topological polar surface area (TPSA) is 8.72 Å². The average Bonchev–Trinajstić information content (AvgIpc) is 2.19. The molecular weight excluding hydrogens is 279 g/mol. The molecule has 0 amide bonds. The van der Waals surface area contributed by atoms with Crippen LogP contribution in [0, 0.1) is 13.1 Å². The number of nitrogens with zero attached hydrogens (tertiary/aromatic N) is 2. The summed E-state index contributed by atoms with van der Waals surface area (Å²) in [5.41, 5.74) is -0.250. The Hall–Kier alpha value is -0.358. The molecule has 0 bridgehead atoms. The second-order valence-electron chi connectivity index (χ2n) is 4.56. The summed E-state index contributed by atoms with van der Waals surface area (Å²) >= 11 is 0. The Bertz CT molecular complexity index is 205. The van der Waals surface area contributed by atoms with Gasteiger partial charge in [-0.2, -0.15) is 0 Å². The molecule has 0 fully saturated rings. The van der Waals surface area contributed by atoms with Gasteiger partial charge in [0.15, 0.2) is 0 Å². The summed E-state index contributed by atoms with van der Waals surface area (Å²) in [6.45, 7) is 25.1. The van der Waals surface area contributed by atoms with Crippen LogP contribution in [-0.4, -0.2) is 11.1 Å². The Morgan fingerprint density at radius 2 is 1.00 bits per heavy atom. The van der Waals surface area contributed by atoms with Crippen molar-refractivity contribution in [1.82, 2.24) is 0 Å². The SMILES string of the molecule is [C-]#[N+]C(C)(C)CC.[C-]#[N+]C(C)(C)CC.[Pd]. The van der Waals surface area contributed by atoms with Crippen LogP contribution in [0.4, 0.5) is 0 Å². The van der Waals surface area contributed by atoms with Crippen LogP contribution >= 0.6 is 0 Å². The van der Waals surface area contributed by atoms with E-state index >= 15 is 0 Å². The molecule has 2 nitrogen and oxygen atoms in total. The van der Waals surface area contributed by atoms with E-state index in [4.69, 9.17) is 13.1 Å². The Morgan fingerprint density at radius 3 is 1.00 bits per heavy atom. The summed E-state index contributed by atoms with van der Waals surface area (Å²) in [7, 11) is 0. The monoisotopic (exact) mass is 300 g/mol. The predicted molar refractivity (Wildman–Crippen MR) is 61.9 cm³/mol. The zero-order valence-corrected chi connectivity index (χ0v) is 12.2. The van der Waals surface area contributed by atoms with Crippen LogP contribution < -0.4 is 0 Å². The van der Waals surface area contributed by atoms with Crippen molar-refractivity contribution < 1.29 is 20.4 Å². The molecule has 0 saturated carbocycles. The van der Waals surface area contributed by atoms with Crippen LogP contribution in [-0.2, 0) is 20.4 Å². The normalized spacial score (nSPS) is 9.87. The summed E-state index contributed by atoms with van der Waals surface area (Å²) in [6, 6.07) is 0. The van der Waals surface area contributed by atoms with Crippen molar-refractivity contribution in [1.29, 1.82) is 0 Å². The molecule has 0 unspecified atom stereocenters. The molecule has 0 rings (SSSR count). The van der Waals surface area contributed by atoms with Crippen LogP contribution in [0.25, 0.3) is 9.69 Å². The Balaban J connectivity index is -0.000000180. The summed E-state index contributed by atoms with van der Waals surface area (Å²) < 4.78 is 0. The molecule has 0 N–H and O–H groups in total. The van der Waals surface area contributed by atoms with Crippen molar-refractivity contribution in [2.45, 2.75) is 65.5 Å². The van der Waals surface area contributed by atoms with Gasteiger partial charge in [-0.05, 0) is 0 Å². The molecule has 0 spiro atoms. The van der Waals surface area contributed by atoms with Crippen molar-refractivity contribution in [3.8, 4) is 0 Å². The van der Waals surface area contributed by atoms with Gasteiger partial charge in [0.25, 0.3) is 0 Å². The van der Waals surface area contributed by atoms with Gasteiger partial charge in [-0.1, -0.05) is 13.8 Å². The molecule has 0 aliphatic heterocycles. The molecule has 0 heterocycles. The molecule has 0 radical (unpaired) electrons. The first-order chi connectivity index (χ1) is 6.24. The van der Waals surface area contributed by atoms with Gasteiger partial charge < -0.3 is 9.69 Å².